The fourth-order valence-electron chi connectivity index (χ4n) is 4.25. The highest BCUT2D eigenvalue weighted by Crippen LogP contribution is 2.29. The summed E-state index contributed by atoms with van der Waals surface area (Å²) in [6.45, 7) is 8.52. The molecule has 9 heteroatoms. The van der Waals surface area contributed by atoms with Crippen LogP contribution in [0.1, 0.15) is 57.7 Å². The van der Waals surface area contributed by atoms with Gasteiger partial charge in [-0.2, -0.15) is 0 Å². The van der Waals surface area contributed by atoms with Gasteiger partial charge in [-0.3, -0.25) is 9.69 Å². The highest BCUT2D eigenvalue weighted by Gasteiger charge is 2.31. The number of morpholine rings is 1. The van der Waals surface area contributed by atoms with Crippen molar-refractivity contribution in [2.75, 3.05) is 39.4 Å². The number of hydrogen-bond donors (Lipinski definition) is 1. The maximum atomic E-state index is 13.4. The van der Waals surface area contributed by atoms with Crippen molar-refractivity contribution in [2.45, 2.75) is 45.8 Å². The van der Waals surface area contributed by atoms with Gasteiger partial charge in [0, 0.05) is 56.0 Å². The van der Waals surface area contributed by atoms with Gasteiger partial charge >= 0.3 is 0 Å². The van der Waals surface area contributed by atoms with Gasteiger partial charge in [0.2, 0.25) is 0 Å². The molecule has 162 valence electrons. The molecular formula is C21H29N5O4. The number of aryl methyl sites for hydroxylation is 2. The number of carbonyl (C=O) groups excluding carboxylic acids is 1. The van der Waals surface area contributed by atoms with Crippen LogP contribution in [0, 0.1) is 13.8 Å². The van der Waals surface area contributed by atoms with Crippen LogP contribution in [0.15, 0.2) is 10.7 Å². The molecule has 0 radical (unpaired) electrons. The monoisotopic (exact) mass is 415 g/mol. The molecule has 2 aromatic rings. The van der Waals surface area contributed by atoms with Crippen molar-refractivity contribution in [3.05, 3.63) is 40.3 Å². The number of carbonyl (C=O) groups is 1. The first-order chi connectivity index (χ1) is 14.6. The molecule has 0 spiro atoms. The zero-order valence-electron chi connectivity index (χ0n) is 17.6. The van der Waals surface area contributed by atoms with E-state index in [9.17, 15) is 9.90 Å². The van der Waals surface area contributed by atoms with E-state index in [1.165, 1.54) is 0 Å². The second-order valence-electron chi connectivity index (χ2n) is 8.03. The van der Waals surface area contributed by atoms with Gasteiger partial charge in [0.25, 0.3) is 5.91 Å². The summed E-state index contributed by atoms with van der Waals surface area (Å²) in [6.07, 6.45) is 3.48. The quantitative estimate of drug-likeness (QED) is 0.782. The second-order valence-corrected chi connectivity index (χ2v) is 8.03. The third kappa shape index (κ3) is 4.38. The van der Waals surface area contributed by atoms with Crippen molar-refractivity contribution in [2.24, 2.45) is 0 Å². The minimum atomic E-state index is -0.105. The van der Waals surface area contributed by atoms with E-state index < -0.39 is 0 Å². The number of amides is 1. The van der Waals surface area contributed by atoms with Crippen LogP contribution in [0.4, 0.5) is 0 Å². The molecule has 2 saturated heterocycles. The first kappa shape index (κ1) is 20.9. The highest BCUT2D eigenvalue weighted by molar-refractivity contribution is 5.94. The molecule has 30 heavy (non-hydrogen) atoms. The van der Waals surface area contributed by atoms with Gasteiger partial charge in [0.1, 0.15) is 11.6 Å². The van der Waals surface area contributed by atoms with E-state index >= 15 is 0 Å². The van der Waals surface area contributed by atoms with Crippen LogP contribution in [0.5, 0.6) is 0 Å². The first-order valence-corrected chi connectivity index (χ1v) is 10.5. The molecule has 2 aliphatic rings. The molecule has 1 atom stereocenters. The number of aliphatic hydroxyl groups excluding tert-OH is 1. The van der Waals surface area contributed by atoms with E-state index in [0.29, 0.717) is 50.1 Å². The number of nitrogens with zero attached hydrogens (tertiary/aromatic N) is 5. The minimum Gasteiger partial charge on any atom is -0.392 e. The Balaban J connectivity index is 1.52. The smallest absolute Gasteiger partial charge is 0.276 e. The van der Waals surface area contributed by atoms with Crippen molar-refractivity contribution >= 4 is 5.91 Å². The van der Waals surface area contributed by atoms with Gasteiger partial charge in [0.15, 0.2) is 5.69 Å². The Kier molecular flexibility index (Phi) is 6.40. The number of rotatable bonds is 5. The second kappa shape index (κ2) is 9.20. The van der Waals surface area contributed by atoms with E-state index in [1.807, 2.05) is 18.7 Å². The molecule has 2 aliphatic heterocycles. The minimum absolute atomic E-state index is 0.0715. The van der Waals surface area contributed by atoms with Crippen molar-refractivity contribution in [3.63, 3.8) is 0 Å². The maximum absolute atomic E-state index is 13.4. The number of aromatic nitrogens is 3. The Morgan fingerprint density at radius 2 is 2.07 bits per heavy atom. The molecule has 4 rings (SSSR count). The van der Waals surface area contributed by atoms with Crippen LogP contribution in [-0.2, 0) is 17.9 Å². The summed E-state index contributed by atoms with van der Waals surface area (Å²) in [7, 11) is 0. The Labute approximate surface area is 176 Å². The molecule has 9 nitrogen and oxygen atoms in total. The number of aliphatic hydroxyl groups is 1. The number of hydrogen-bond acceptors (Lipinski definition) is 8. The van der Waals surface area contributed by atoms with Gasteiger partial charge in [-0.25, -0.2) is 9.97 Å². The van der Waals surface area contributed by atoms with Crippen LogP contribution < -0.4 is 0 Å². The lowest BCUT2D eigenvalue weighted by atomic mass is 9.91. The van der Waals surface area contributed by atoms with E-state index in [0.717, 1.165) is 42.8 Å². The van der Waals surface area contributed by atoms with Crippen LogP contribution in [0.25, 0.3) is 0 Å². The third-order valence-corrected chi connectivity index (χ3v) is 5.96. The number of ether oxygens (including phenoxy) is 1. The number of piperidine rings is 1. The van der Waals surface area contributed by atoms with Gasteiger partial charge < -0.3 is 19.3 Å². The summed E-state index contributed by atoms with van der Waals surface area (Å²) in [6, 6.07) is 0. The average molecular weight is 415 g/mol. The van der Waals surface area contributed by atoms with Crippen LogP contribution in [0.3, 0.4) is 0 Å². The summed E-state index contributed by atoms with van der Waals surface area (Å²) in [5.74, 6) is 1.33. The van der Waals surface area contributed by atoms with Crippen molar-refractivity contribution < 1.29 is 19.2 Å². The fraction of sp³-hybridized carbons (Fsp3) is 0.619. The van der Waals surface area contributed by atoms with Gasteiger partial charge in [-0.15, -0.1) is 0 Å². The third-order valence-electron chi connectivity index (χ3n) is 5.96. The lowest BCUT2D eigenvalue weighted by molar-refractivity contribution is 0.0338. The van der Waals surface area contributed by atoms with Gasteiger partial charge in [0.05, 0.1) is 25.5 Å². The van der Waals surface area contributed by atoms with Crippen LogP contribution >= 0.6 is 0 Å². The molecule has 1 N–H and O–H groups in total. The lowest BCUT2D eigenvalue weighted by Gasteiger charge is -2.33. The number of likely N-dealkylation sites (tertiary alicyclic amines) is 1. The molecule has 0 bridgehead atoms. The predicted octanol–water partition coefficient (Wildman–Crippen LogP) is 1.43. The topological polar surface area (TPSA) is 105 Å². The average Bonchev–Trinajstić information content (AvgIpc) is 3.14. The van der Waals surface area contributed by atoms with Gasteiger partial charge in [-0.05, 0) is 26.7 Å². The first-order valence-electron chi connectivity index (χ1n) is 10.5. The fourth-order valence-corrected chi connectivity index (χ4v) is 4.25. The normalized spacial score (nSPS) is 20.5. The molecule has 4 heterocycles. The molecule has 1 amide bonds. The van der Waals surface area contributed by atoms with E-state index in [4.69, 9.17) is 9.26 Å². The molecule has 2 aromatic heterocycles. The summed E-state index contributed by atoms with van der Waals surface area (Å²) in [4.78, 5) is 26.2. The molecule has 1 unspecified atom stereocenters. The zero-order chi connectivity index (χ0) is 21.1. The van der Waals surface area contributed by atoms with E-state index in [1.54, 1.807) is 6.20 Å². The van der Waals surface area contributed by atoms with Crippen LogP contribution in [-0.4, -0.2) is 75.3 Å². The summed E-state index contributed by atoms with van der Waals surface area (Å²) < 4.78 is 10.8. The van der Waals surface area contributed by atoms with Crippen molar-refractivity contribution in [1.29, 1.82) is 0 Å². The molecule has 0 saturated carbocycles. The molecule has 0 aromatic carbocycles. The van der Waals surface area contributed by atoms with E-state index in [2.05, 4.69) is 20.0 Å². The molecular weight excluding hydrogens is 386 g/mol. The maximum Gasteiger partial charge on any atom is 0.276 e. The Bertz CT molecular complexity index is 894. The van der Waals surface area contributed by atoms with Crippen molar-refractivity contribution in [1.82, 2.24) is 24.9 Å². The summed E-state index contributed by atoms with van der Waals surface area (Å²) >= 11 is 0. The molecule has 2 fully saturated rings. The predicted molar refractivity (Wildman–Crippen MR) is 108 cm³/mol. The van der Waals surface area contributed by atoms with Crippen LogP contribution in [0.2, 0.25) is 0 Å². The molecule has 0 aliphatic carbocycles. The Hall–Kier alpha value is -2.36. The highest BCUT2D eigenvalue weighted by atomic mass is 16.5. The lowest BCUT2D eigenvalue weighted by Crippen LogP contribution is -2.41. The summed E-state index contributed by atoms with van der Waals surface area (Å²) in [5.41, 5.74) is 2.83. The zero-order valence-corrected chi connectivity index (χ0v) is 17.6. The van der Waals surface area contributed by atoms with Gasteiger partial charge in [-0.1, -0.05) is 5.16 Å². The van der Waals surface area contributed by atoms with Crippen molar-refractivity contribution in [3.8, 4) is 0 Å². The largest absolute Gasteiger partial charge is 0.392 e. The summed E-state index contributed by atoms with van der Waals surface area (Å²) in [5, 5.41) is 13.8. The SMILES string of the molecule is Cc1ncc(CO)c(C2CCCN(C(=O)c3noc(C)c3CN3CCOCC3)C2)n1. The standard InChI is InChI=1S/C21H29N5O4/c1-14-18(12-25-6-8-29-9-7-25)20(24-30-14)21(28)26-5-3-4-16(11-26)19-17(13-27)10-22-15(2)23-19/h10,16,27H,3-9,11-13H2,1-2H3. The van der Waals surface area contributed by atoms with E-state index in [-0.39, 0.29) is 18.4 Å². The Morgan fingerprint density at radius 1 is 1.27 bits per heavy atom. The Morgan fingerprint density at radius 3 is 2.83 bits per heavy atom.